The second-order valence-corrected chi connectivity index (χ2v) is 4.93. The third kappa shape index (κ3) is 3.00. The van der Waals surface area contributed by atoms with E-state index in [1.807, 2.05) is 0 Å². The number of phenolic OH excluding ortho intramolecular Hbond substituents is 1. The summed E-state index contributed by atoms with van der Waals surface area (Å²) in [6.45, 7) is 1.69. The lowest BCUT2D eigenvalue weighted by atomic mass is 10.0. The topological polar surface area (TPSA) is 75.6 Å². The number of rotatable bonds is 4. The molecule has 0 aliphatic carbocycles. The summed E-state index contributed by atoms with van der Waals surface area (Å²) in [7, 11) is 1.27. The SMILES string of the molecule is COC(=O)C(C)CNC(=O)c1ccc2c(F)cccc2c1O. The van der Waals surface area contributed by atoms with Crippen LogP contribution in [0.15, 0.2) is 30.3 Å². The zero-order valence-corrected chi connectivity index (χ0v) is 12.2. The van der Waals surface area contributed by atoms with Gasteiger partial charge in [0, 0.05) is 17.3 Å². The van der Waals surface area contributed by atoms with Gasteiger partial charge in [0.25, 0.3) is 5.91 Å². The average molecular weight is 305 g/mol. The van der Waals surface area contributed by atoms with Crippen LogP contribution in [0.2, 0.25) is 0 Å². The predicted molar refractivity (Wildman–Crippen MR) is 79.1 cm³/mol. The first-order valence-corrected chi connectivity index (χ1v) is 6.72. The monoisotopic (exact) mass is 305 g/mol. The van der Waals surface area contributed by atoms with E-state index in [1.165, 1.54) is 37.4 Å². The Morgan fingerprint density at radius 3 is 2.68 bits per heavy atom. The fourth-order valence-electron chi connectivity index (χ4n) is 2.11. The molecule has 0 spiro atoms. The zero-order chi connectivity index (χ0) is 16.3. The van der Waals surface area contributed by atoms with Gasteiger partial charge in [-0.25, -0.2) is 4.39 Å². The number of halogens is 1. The molecule has 1 unspecified atom stereocenters. The summed E-state index contributed by atoms with van der Waals surface area (Å²) < 4.78 is 18.2. The molecule has 0 saturated heterocycles. The highest BCUT2D eigenvalue weighted by Crippen LogP contribution is 2.30. The van der Waals surface area contributed by atoms with E-state index in [4.69, 9.17) is 0 Å². The lowest BCUT2D eigenvalue weighted by molar-refractivity contribution is -0.144. The molecule has 0 saturated carbocycles. The van der Waals surface area contributed by atoms with Crippen molar-refractivity contribution in [3.05, 3.63) is 41.7 Å². The quantitative estimate of drug-likeness (QED) is 0.849. The standard InChI is InChI=1S/C16H16FNO4/c1-9(16(21)22-2)8-18-15(20)12-7-6-10-11(14(12)19)4-3-5-13(10)17/h3-7,9,19H,8H2,1-2H3,(H,18,20). The van der Waals surface area contributed by atoms with E-state index in [9.17, 15) is 19.1 Å². The molecule has 0 radical (unpaired) electrons. The Morgan fingerprint density at radius 1 is 1.27 bits per heavy atom. The Bertz CT molecular complexity index is 729. The number of methoxy groups -OCH3 is 1. The van der Waals surface area contributed by atoms with Gasteiger partial charge >= 0.3 is 5.97 Å². The largest absolute Gasteiger partial charge is 0.506 e. The van der Waals surface area contributed by atoms with Crippen molar-refractivity contribution >= 4 is 22.6 Å². The minimum Gasteiger partial charge on any atom is -0.506 e. The Hall–Kier alpha value is -2.63. The molecule has 0 bridgehead atoms. The summed E-state index contributed by atoms with van der Waals surface area (Å²) in [5.74, 6) is -2.25. The van der Waals surface area contributed by atoms with Gasteiger partial charge < -0.3 is 15.2 Å². The number of hydrogen-bond donors (Lipinski definition) is 2. The molecule has 2 aromatic rings. The Morgan fingerprint density at radius 2 is 2.00 bits per heavy atom. The smallest absolute Gasteiger partial charge is 0.310 e. The number of carbonyl (C=O) groups is 2. The van der Waals surface area contributed by atoms with E-state index in [1.54, 1.807) is 6.92 Å². The summed E-state index contributed by atoms with van der Waals surface area (Å²) in [6, 6.07) is 7.04. The van der Waals surface area contributed by atoms with Crippen molar-refractivity contribution in [2.45, 2.75) is 6.92 Å². The van der Waals surface area contributed by atoms with Gasteiger partial charge in [0.1, 0.15) is 11.6 Å². The number of ether oxygens (including phenoxy) is 1. The molecule has 2 N–H and O–H groups in total. The molecule has 6 heteroatoms. The molecule has 2 aromatic carbocycles. The van der Waals surface area contributed by atoms with Crippen LogP contribution < -0.4 is 5.32 Å². The van der Waals surface area contributed by atoms with Crippen LogP contribution in [0.5, 0.6) is 5.75 Å². The first kappa shape index (κ1) is 15.8. The number of hydrogen-bond acceptors (Lipinski definition) is 4. The van der Waals surface area contributed by atoms with Crippen LogP contribution in [-0.4, -0.2) is 30.6 Å². The fourth-order valence-corrected chi connectivity index (χ4v) is 2.11. The maximum atomic E-state index is 13.6. The highest BCUT2D eigenvalue weighted by atomic mass is 19.1. The van der Waals surface area contributed by atoms with Crippen molar-refractivity contribution in [3.8, 4) is 5.75 Å². The van der Waals surface area contributed by atoms with E-state index in [0.29, 0.717) is 0 Å². The number of fused-ring (bicyclic) bond motifs is 1. The number of esters is 1. The third-order valence-electron chi connectivity index (χ3n) is 3.40. The second-order valence-electron chi connectivity index (χ2n) is 4.93. The number of carbonyl (C=O) groups excluding carboxylic acids is 2. The maximum absolute atomic E-state index is 13.6. The van der Waals surface area contributed by atoms with E-state index in [0.717, 1.165) is 0 Å². The Balaban J connectivity index is 2.22. The van der Waals surface area contributed by atoms with Crippen molar-refractivity contribution in [2.75, 3.05) is 13.7 Å². The molecular formula is C16H16FNO4. The Labute approximate surface area is 126 Å². The van der Waals surface area contributed by atoms with Crippen molar-refractivity contribution in [1.29, 1.82) is 0 Å². The molecule has 0 fully saturated rings. The molecule has 116 valence electrons. The van der Waals surface area contributed by atoms with Gasteiger partial charge in [-0.05, 0) is 12.1 Å². The predicted octanol–water partition coefficient (Wildman–Crippen LogP) is 2.22. The first-order chi connectivity index (χ1) is 10.5. The number of nitrogens with one attached hydrogen (secondary N) is 1. The highest BCUT2D eigenvalue weighted by Gasteiger charge is 2.18. The zero-order valence-electron chi connectivity index (χ0n) is 12.2. The van der Waals surface area contributed by atoms with Gasteiger partial charge in [0.15, 0.2) is 0 Å². The molecule has 1 atom stereocenters. The van der Waals surface area contributed by atoms with Gasteiger partial charge in [-0.1, -0.05) is 25.1 Å². The van der Waals surface area contributed by atoms with Gasteiger partial charge in [-0.2, -0.15) is 0 Å². The maximum Gasteiger partial charge on any atom is 0.310 e. The first-order valence-electron chi connectivity index (χ1n) is 6.72. The van der Waals surface area contributed by atoms with Crippen LogP contribution in [-0.2, 0) is 9.53 Å². The number of benzene rings is 2. The molecule has 22 heavy (non-hydrogen) atoms. The fraction of sp³-hybridized carbons (Fsp3) is 0.250. The summed E-state index contributed by atoms with van der Waals surface area (Å²) in [5.41, 5.74) is 0.0233. The van der Waals surface area contributed by atoms with E-state index in [2.05, 4.69) is 10.1 Å². The summed E-state index contributed by atoms with van der Waals surface area (Å²) >= 11 is 0. The summed E-state index contributed by atoms with van der Waals surface area (Å²) in [5, 5.41) is 13.2. The lowest BCUT2D eigenvalue weighted by Crippen LogP contribution is -2.32. The van der Waals surface area contributed by atoms with E-state index < -0.39 is 23.6 Å². The van der Waals surface area contributed by atoms with Crippen LogP contribution in [0.25, 0.3) is 10.8 Å². The van der Waals surface area contributed by atoms with Crippen molar-refractivity contribution in [3.63, 3.8) is 0 Å². The summed E-state index contributed by atoms with van der Waals surface area (Å²) in [4.78, 5) is 23.4. The van der Waals surface area contributed by atoms with Gasteiger partial charge in [-0.15, -0.1) is 0 Å². The van der Waals surface area contributed by atoms with Gasteiger partial charge in [0.05, 0.1) is 18.6 Å². The number of amides is 1. The van der Waals surface area contributed by atoms with Crippen molar-refractivity contribution < 1.29 is 23.8 Å². The minimum atomic E-state index is -0.542. The lowest BCUT2D eigenvalue weighted by Gasteiger charge is -2.12. The van der Waals surface area contributed by atoms with Crippen LogP contribution in [0.4, 0.5) is 4.39 Å². The van der Waals surface area contributed by atoms with Gasteiger partial charge in [-0.3, -0.25) is 9.59 Å². The third-order valence-corrected chi connectivity index (χ3v) is 3.40. The average Bonchev–Trinajstić information content (AvgIpc) is 2.52. The van der Waals surface area contributed by atoms with Crippen LogP contribution in [0, 0.1) is 11.7 Å². The molecular weight excluding hydrogens is 289 g/mol. The minimum absolute atomic E-state index is 0.0233. The van der Waals surface area contributed by atoms with Crippen LogP contribution >= 0.6 is 0 Å². The normalized spacial score (nSPS) is 12.0. The van der Waals surface area contributed by atoms with Crippen LogP contribution in [0.3, 0.4) is 0 Å². The molecule has 0 heterocycles. The van der Waals surface area contributed by atoms with Crippen molar-refractivity contribution in [1.82, 2.24) is 5.32 Å². The van der Waals surface area contributed by atoms with E-state index in [-0.39, 0.29) is 28.6 Å². The van der Waals surface area contributed by atoms with Gasteiger partial charge in [0.2, 0.25) is 0 Å². The van der Waals surface area contributed by atoms with Crippen molar-refractivity contribution in [2.24, 2.45) is 5.92 Å². The molecule has 5 nitrogen and oxygen atoms in total. The molecule has 0 aromatic heterocycles. The molecule has 0 aliphatic rings. The highest BCUT2D eigenvalue weighted by molar-refractivity contribution is 6.03. The van der Waals surface area contributed by atoms with E-state index >= 15 is 0 Å². The van der Waals surface area contributed by atoms with Crippen LogP contribution in [0.1, 0.15) is 17.3 Å². The molecule has 1 amide bonds. The summed E-state index contributed by atoms with van der Waals surface area (Å²) in [6.07, 6.45) is 0. The number of phenols is 1. The molecule has 2 rings (SSSR count). The number of aromatic hydroxyl groups is 1. The second kappa shape index (κ2) is 6.43. The Kier molecular flexibility index (Phi) is 4.60. The molecule has 0 aliphatic heterocycles.